The second kappa shape index (κ2) is 9.04. The molecular formula is C21H26N2O3. The number of benzene rings is 1. The first-order valence-corrected chi connectivity index (χ1v) is 8.77. The van der Waals surface area contributed by atoms with Crippen LogP contribution in [0, 0.1) is 13.8 Å². The maximum Gasteiger partial charge on any atom is 0.244 e. The number of carbonyl (C=O) groups excluding carboxylic acids is 2. The van der Waals surface area contributed by atoms with Gasteiger partial charge in [0.1, 0.15) is 5.76 Å². The molecule has 26 heavy (non-hydrogen) atoms. The summed E-state index contributed by atoms with van der Waals surface area (Å²) in [4.78, 5) is 26.3. The highest BCUT2D eigenvalue weighted by molar-refractivity contribution is 5.96. The lowest BCUT2D eigenvalue weighted by molar-refractivity contribution is -0.119. The normalized spacial score (nSPS) is 11.1. The number of amides is 2. The van der Waals surface area contributed by atoms with Crippen LogP contribution in [0.2, 0.25) is 0 Å². The van der Waals surface area contributed by atoms with Gasteiger partial charge in [-0.1, -0.05) is 12.1 Å². The standard InChI is InChI=1S/C21H26N2O3/c1-15(2)23(19-14-16(3)7-8-17(19)4)21(25)11-12-22-20(24)10-9-18-6-5-13-26-18/h5-10,13-15H,11-12H2,1-4H3,(H,22,24)/b10-9+. The molecule has 0 spiro atoms. The highest BCUT2D eigenvalue weighted by Gasteiger charge is 2.20. The van der Waals surface area contributed by atoms with Crippen LogP contribution in [0.1, 0.15) is 37.2 Å². The Morgan fingerprint density at radius 3 is 2.65 bits per heavy atom. The molecule has 2 aromatic rings. The minimum Gasteiger partial charge on any atom is -0.465 e. The zero-order chi connectivity index (χ0) is 19.1. The molecule has 0 bridgehead atoms. The quantitative estimate of drug-likeness (QED) is 0.768. The van der Waals surface area contributed by atoms with E-state index < -0.39 is 0 Å². The molecule has 0 radical (unpaired) electrons. The molecule has 0 aliphatic carbocycles. The van der Waals surface area contributed by atoms with Gasteiger partial charge in [-0.05, 0) is 63.1 Å². The smallest absolute Gasteiger partial charge is 0.244 e. The summed E-state index contributed by atoms with van der Waals surface area (Å²) < 4.78 is 5.13. The first kappa shape index (κ1) is 19.5. The summed E-state index contributed by atoms with van der Waals surface area (Å²) in [5, 5.41) is 2.73. The van der Waals surface area contributed by atoms with Crippen LogP contribution in [0.4, 0.5) is 5.69 Å². The summed E-state index contributed by atoms with van der Waals surface area (Å²) in [6.45, 7) is 8.28. The molecule has 0 saturated carbocycles. The summed E-state index contributed by atoms with van der Waals surface area (Å²) >= 11 is 0. The van der Waals surface area contributed by atoms with Gasteiger partial charge in [0, 0.05) is 30.8 Å². The van der Waals surface area contributed by atoms with E-state index >= 15 is 0 Å². The summed E-state index contributed by atoms with van der Waals surface area (Å²) in [6, 6.07) is 9.64. The average molecular weight is 354 g/mol. The molecule has 0 aliphatic rings. The van der Waals surface area contributed by atoms with Gasteiger partial charge in [-0.25, -0.2) is 0 Å². The first-order chi connectivity index (χ1) is 12.4. The Hall–Kier alpha value is -2.82. The summed E-state index contributed by atoms with van der Waals surface area (Å²) in [5.41, 5.74) is 3.09. The van der Waals surface area contributed by atoms with Crippen molar-refractivity contribution in [2.75, 3.05) is 11.4 Å². The van der Waals surface area contributed by atoms with Crippen LogP contribution < -0.4 is 10.2 Å². The first-order valence-electron chi connectivity index (χ1n) is 8.77. The van der Waals surface area contributed by atoms with Crippen LogP contribution in [-0.4, -0.2) is 24.4 Å². The monoisotopic (exact) mass is 354 g/mol. The van der Waals surface area contributed by atoms with Crippen LogP contribution in [0.5, 0.6) is 0 Å². The number of aryl methyl sites for hydroxylation is 2. The van der Waals surface area contributed by atoms with Gasteiger partial charge >= 0.3 is 0 Å². The highest BCUT2D eigenvalue weighted by atomic mass is 16.3. The van der Waals surface area contributed by atoms with Gasteiger partial charge in [-0.15, -0.1) is 0 Å². The molecule has 1 aromatic carbocycles. The van der Waals surface area contributed by atoms with Crippen molar-refractivity contribution >= 4 is 23.6 Å². The Labute approximate surface area is 154 Å². The van der Waals surface area contributed by atoms with E-state index in [1.54, 1.807) is 29.4 Å². The van der Waals surface area contributed by atoms with E-state index in [1.165, 1.54) is 6.08 Å². The number of nitrogens with zero attached hydrogens (tertiary/aromatic N) is 1. The lowest BCUT2D eigenvalue weighted by Crippen LogP contribution is -2.39. The SMILES string of the molecule is Cc1ccc(C)c(N(C(=O)CCNC(=O)/C=C/c2ccco2)C(C)C)c1. The van der Waals surface area contributed by atoms with Crippen molar-refractivity contribution in [1.82, 2.24) is 5.32 Å². The van der Waals surface area contributed by atoms with Crippen LogP contribution in [0.3, 0.4) is 0 Å². The summed E-state index contributed by atoms with van der Waals surface area (Å²) in [7, 11) is 0. The van der Waals surface area contributed by atoms with Gasteiger partial charge in [0.25, 0.3) is 0 Å². The number of furan rings is 1. The van der Waals surface area contributed by atoms with E-state index in [4.69, 9.17) is 4.42 Å². The van der Waals surface area contributed by atoms with Gasteiger partial charge in [0.05, 0.1) is 6.26 Å². The van der Waals surface area contributed by atoms with Gasteiger partial charge in [0.2, 0.25) is 11.8 Å². The minimum absolute atomic E-state index is 0.0102. The van der Waals surface area contributed by atoms with Gasteiger partial charge < -0.3 is 14.6 Å². The molecule has 0 unspecified atom stereocenters. The summed E-state index contributed by atoms with van der Waals surface area (Å²) in [5.74, 6) is 0.346. The minimum atomic E-state index is -0.253. The molecule has 0 aliphatic heterocycles. The summed E-state index contributed by atoms with van der Waals surface area (Å²) in [6.07, 6.45) is 4.78. The molecule has 5 heteroatoms. The van der Waals surface area contributed by atoms with E-state index in [9.17, 15) is 9.59 Å². The molecule has 1 N–H and O–H groups in total. The maximum absolute atomic E-state index is 12.7. The van der Waals surface area contributed by atoms with E-state index in [1.807, 2.05) is 45.9 Å². The molecule has 0 saturated heterocycles. The molecule has 1 aromatic heterocycles. The van der Waals surface area contributed by atoms with Crippen molar-refractivity contribution in [2.24, 2.45) is 0 Å². The van der Waals surface area contributed by atoms with E-state index in [0.717, 1.165) is 16.8 Å². The second-order valence-corrected chi connectivity index (χ2v) is 6.54. The molecule has 5 nitrogen and oxygen atoms in total. The van der Waals surface area contributed by atoms with Crippen molar-refractivity contribution in [1.29, 1.82) is 0 Å². The molecule has 2 amide bonds. The Balaban J connectivity index is 1.94. The lowest BCUT2D eigenvalue weighted by Gasteiger charge is -2.29. The maximum atomic E-state index is 12.7. The molecule has 0 atom stereocenters. The third kappa shape index (κ3) is 5.34. The van der Waals surface area contributed by atoms with Crippen molar-refractivity contribution in [2.45, 2.75) is 40.2 Å². The number of rotatable bonds is 7. The Bertz CT molecular complexity index is 777. The predicted octanol–water partition coefficient (Wildman–Crippen LogP) is 3.86. The number of hydrogen-bond acceptors (Lipinski definition) is 3. The molecular weight excluding hydrogens is 328 g/mol. The Morgan fingerprint density at radius 1 is 1.23 bits per heavy atom. The van der Waals surface area contributed by atoms with Crippen molar-refractivity contribution in [3.63, 3.8) is 0 Å². The average Bonchev–Trinajstić information content (AvgIpc) is 3.09. The predicted molar refractivity (Wildman–Crippen MR) is 104 cm³/mol. The van der Waals surface area contributed by atoms with Crippen LogP contribution in [0.25, 0.3) is 6.08 Å². The van der Waals surface area contributed by atoms with Gasteiger partial charge in [0.15, 0.2) is 0 Å². The third-order valence-corrected chi connectivity index (χ3v) is 3.99. The fourth-order valence-electron chi connectivity index (χ4n) is 2.70. The van der Waals surface area contributed by atoms with Crippen LogP contribution in [-0.2, 0) is 9.59 Å². The number of anilines is 1. The zero-order valence-electron chi connectivity index (χ0n) is 15.8. The molecule has 2 rings (SSSR count). The van der Waals surface area contributed by atoms with Crippen LogP contribution >= 0.6 is 0 Å². The van der Waals surface area contributed by atoms with E-state index in [2.05, 4.69) is 5.32 Å². The number of nitrogens with one attached hydrogen (secondary N) is 1. The van der Waals surface area contributed by atoms with Crippen LogP contribution in [0.15, 0.2) is 47.1 Å². The van der Waals surface area contributed by atoms with E-state index in [-0.39, 0.29) is 30.8 Å². The highest BCUT2D eigenvalue weighted by Crippen LogP contribution is 2.24. The second-order valence-electron chi connectivity index (χ2n) is 6.54. The Kier molecular flexibility index (Phi) is 6.78. The fourth-order valence-corrected chi connectivity index (χ4v) is 2.70. The van der Waals surface area contributed by atoms with Crippen molar-refractivity contribution in [3.05, 3.63) is 59.6 Å². The largest absolute Gasteiger partial charge is 0.465 e. The van der Waals surface area contributed by atoms with Crippen molar-refractivity contribution < 1.29 is 14.0 Å². The molecule has 138 valence electrons. The topological polar surface area (TPSA) is 62.6 Å². The van der Waals surface area contributed by atoms with Crippen molar-refractivity contribution in [3.8, 4) is 0 Å². The number of hydrogen-bond donors (Lipinski definition) is 1. The van der Waals surface area contributed by atoms with E-state index in [0.29, 0.717) is 5.76 Å². The Morgan fingerprint density at radius 2 is 2.00 bits per heavy atom. The van der Waals surface area contributed by atoms with Gasteiger partial charge in [-0.3, -0.25) is 9.59 Å². The lowest BCUT2D eigenvalue weighted by atomic mass is 10.1. The molecule has 0 fully saturated rings. The fraction of sp³-hybridized carbons (Fsp3) is 0.333. The molecule has 1 heterocycles. The van der Waals surface area contributed by atoms with Gasteiger partial charge in [-0.2, -0.15) is 0 Å². The zero-order valence-corrected chi connectivity index (χ0v) is 15.8. The third-order valence-electron chi connectivity index (χ3n) is 3.99. The number of carbonyl (C=O) groups is 2.